The maximum Gasteiger partial charge on any atom is 0.147 e. The third-order valence-corrected chi connectivity index (χ3v) is 2.02. The topological polar surface area (TPSA) is 27.1 Å². The monoisotopic (exact) mass is 176 g/mol. The molecule has 3 nitrogen and oxygen atoms in total. The molecule has 0 spiro atoms. The maximum atomic E-state index is 5.46. The number of ether oxygens (including phenoxy) is 1. The Morgan fingerprint density at radius 3 is 3.08 bits per heavy atom. The first kappa shape index (κ1) is 8.10. The summed E-state index contributed by atoms with van der Waals surface area (Å²) in [6.07, 6.45) is 1.80. The Balaban J connectivity index is 2.63. The molecule has 0 atom stereocenters. The van der Waals surface area contributed by atoms with Gasteiger partial charge in [-0.25, -0.2) is 4.98 Å². The molecule has 0 bridgehead atoms. The van der Waals surface area contributed by atoms with Gasteiger partial charge in [-0.1, -0.05) is 6.07 Å². The van der Waals surface area contributed by atoms with Crippen LogP contribution in [0.2, 0.25) is 0 Å². The normalized spacial score (nSPS) is 10.6. The van der Waals surface area contributed by atoms with Crippen molar-refractivity contribution in [3.05, 3.63) is 24.5 Å². The smallest absolute Gasteiger partial charge is 0.147 e. The highest BCUT2D eigenvalue weighted by Crippen LogP contribution is 2.23. The zero-order valence-electron chi connectivity index (χ0n) is 7.82. The summed E-state index contributed by atoms with van der Waals surface area (Å²) in [4.78, 5) is 4.27. The SMILES string of the molecule is CCOc1cccc2c1ncn2C. The van der Waals surface area contributed by atoms with E-state index in [1.807, 2.05) is 36.7 Å². The van der Waals surface area contributed by atoms with Gasteiger partial charge in [0.05, 0.1) is 18.5 Å². The van der Waals surface area contributed by atoms with Gasteiger partial charge in [0.25, 0.3) is 0 Å². The van der Waals surface area contributed by atoms with Crippen molar-refractivity contribution in [2.75, 3.05) is 6.61 Å². The quantitative estimate of drug-likeness (QED) is 0.699. The molecule has 0 fully saturated rings. The van der Waals surface area contributed by atoms with Crippen LogP contribution in [0.1, 0.15) is 6.92 Å². The van der Waals surface area contributed by atoms with Crippen molar-refractivity contribution in [1.82, 2.24) is 9.55 Å². The van der Waals surface area contributed by atoms with Gasteiger partial charge in [0.2, 0.25) is 0 Å². The Bertz CT molecular complexity index is 420. The number of benzene rings is 1. The van der Waals surface area contributed by atoms with E-state index in [2.05, 4.69) is 4.98 Å². The highest BCUT2D eigenvalue weighted by Gasteiger charge is 2.04. The first-order valence-corrected chi connectivity index (χ1v) is 4.35. The van der Waals surface area contributed by atoms with Crippen LogP contribution < -0.4 is 4.74 Å². The molecule has 3 heteroatoms. The van der Waals surface area contributed by atoms with Crippen molar-refractivity contribution in [1.29, 1.82) is 0 Å². The number of rotatable bonds is 2. The molecule has 0 aliphatic heterocycles. The Hall–Kier alpha value is -1.51. The lowest BCUT2D eigenvalue weighted by Gasteiger charge is -2.02. The highest BCUT2D eigenvalue weighted by atomic mass is 16.5. The fraction of sp³-hybridized carbons (Fsp3) is 0.300. The van der Waals surface area contributed by atoms with Crippen LogP contribution in [0.25, 0.3) is 11.0 Å². The van der Waals surface area contributed by atoms with Crippen molar-refractivity contribution in [2.24, 2.45) is 7.05 Å². The third-order valence-electron chi connectivity index (χ3n) is 2.02. The number of nitrogens with zero attached hydrogens (tertiary/aromatic N) is 2. The van der Waals surface area contributed by atoms with Gasteiger partial charge < -0.3 is 9.30 Å². The molecule has 1 aromatic carbocycles. The van der Waals surface area contributed by atoms with Crippen molar-refractivity contribution < 1.29 is 4.74 Å². The van der Waals surface area contributed by atoms with Crippen LogP contribution in [-0.4, -0.2) is 16.2 Å². The Labute approximate surface area is 77.0 Å². The lowest BCUT2D eigenvalue weighted by Crippen LogP contribution is -1.92. The van der Waals surface area contributed by atoms with E-state index in [4.69, 9.17) is 4.74 Å². The van der Waals surface area contributed by atoms with E-state index in [0.717, 1.165) is 16.8 Å². The van der Waals surface area contributed by atoms with E-state index in [0.29, 0.717) is 6.61 Å². The molecule has 0 aliphatic rings. The second kappa shape index (κ2) is 3.09. The third kappa shape index (κ3) is 1.26. The number of hydrogen-bond donors (Lipinski definition) is 0. The van der Waals surface area contributed by atoms with Crippen LogP contribution in [0.15, 0.2) is 24.5 Å². The van der Waals surface area contributed by atoms with Crippen LogP contribution in [-0.2, 0) is 7.05 Å². The molecule has 0 radical (unpaired) electrons. The molecule has 2 rings (SSSR count). The lowest BCUT2D eigenvalue weighted by atomic mass is 10.3. The minimum absolute atomic E-state index is 0.676. The summed E-state index contributed by atoms with van der Waals surface area (Å²) >= 11 is 0. The summed E-state index contributed by atoms with van der Waals surface area (Å²) < 4.78 is 7.44. The molecule has 0 unspecified atom stereocenters. The van der Waals surface area contributed by atoms with E-state index in [9.17, 15) is 0 Å². The average molecular weight is 176 g/mol. The van der Waals surface area contributed by atoms with Gasteiger partial charge in [-0.05, 0) is 19.1 Å². The van der Waals surface area contributed by atoms with Gasteiger partial charge >= 0.3 is 0 Å². The fourth-order valence-corrected chi connectivity index (χ4v) is 1.40. The summed E-state index contributed by atoms with van der Waals surface area (Å²) in [5.41, 5.74) is 2.04. The highest BCUT2D eigenvalue weighted by molar-refractivity contribution is 5.81. The molecule has 2 aromatic rings. The molecular formula is C10H12N2O. The lowest BCUT2D eigenvalue weighted by molar-refractivity contribution is 0.343. The minimum atomic E-state index is 0.676. The number of fused-ring (bicyclic) bond motifs is 1. The molecule has 0 saturated heterocycles. The van der Waals surface area contributed by atoms with E-state index >= 15 is 0 Å². The molecular weight excluding hydrogens is 164 g/mol. The van der Waals surface area contributed by atoms with Crippen LogP contribution >= 0.6 is 0 Å². The minimum Gasteiger partial charge on any atom is -0.492 e. The van der Waals surface area contributed by atoms with E-state index in [1.165, 1.54) is 0 Å². The molecule has 68 valence electrons. The Morgan fingerprint density at radius 2 is 2.31 bits per heavy atom. The first-order valence-electron chi connectivity index (χ1n) is 4.35. The zero-order valence-corrected chi connectivity index (χ0v) is 7.82. The van der Waals surface area contributed by atoms with Gasteiger partial charge in [-0.2, -0.15) is 0 Å². The molecule has 1 heterocycles. The molecule has 13 heavy (non-hydrogen) atoms. The fourth-order valence-electron chi connectivity index (χ4n) is 1.40. The Kier molecular flexibility index (Phi) is 1.93. The van der Waals surface area contributed by atoms with Crippen LogP contribution in [0, 0.1) is 0 Å². The molecule has 0 amide bonds. The molecule has 1 aromatic heterocycles. The van der Waals surface area contributed by atoms with Gasteiger partial charge in [0, 0.05) is 7.05 Å². The van der Waals surface area contributed by atoms with E-state index in [-0.39, 0.29) is 0 Å². The standard InChI is InChI=1S/C10H12N2O/c1-3-13-9-6-4-5-8-10(9)11-7-12(8)2/h4-7H,3H2,1-2H3. The predicted molar refractivity (Wildman–Crippen MR) is 51.9 cm³/mol. The molecule has 0 N–H and O–H groups in total. The van der Waals surface area contributed by atoms with Crippen LogP contribution in [0.3, 0.4) is 0 Å². The molecule has 0 aliphatic carbocycles. The summed E-state index contributed by atoms with van der Waals surface area (Å²) in [6.45, 7) is 2.65. The maximum absolute atomic E-state index is 5.46. The van der Waals surface area contributed by atoms with E-state index < -0.39 is 0 Å². The van der Waals surface area contributed by atoms with Gasteiger partial charge in [-0.3, -0.25) is 0 Å². The number of hydrogen-bond acceptors (Lipinski definition) is 2. The summed E-state index contributed by atoms with van der Waals surface area (Å²) in [5.74, 6) is 0.862. The number of imidazole rings is 1. The van der Waals surface area contributed by atoms with Crippen molar-refractivity contribution in [3.8, 4) is 5.75 Å². The van der Waals surface area contributed by atoms with Crippen molar-refractivity contribution in [3.63, 3.8) is 0 Å². The largest absolute Gasteiger partial charge is 0.492 e. The Morgan fingerprint density at radius 1 is 1.46 bits per heavy atom. The summed E-state index contributed by atoms with van der Waals surface area (Å²) in [6, 6.07) is 5.96. The van der Waals surface area contributed by atoms with Gasteiger partial charge in [-0.15, -0.1) is 0 Å². The summed E-state index contributed by atoms with van der Waals surface area (Å²) in [7, 11) is 1.98. The van der Waals surface area contributed by atoms with Crippen LogP contribution in [0.4, 0.5) is 0 Å². The number of aryl methyl sites for hydroxylation is 1. The van der Waals surface area contributed by atoms with Crippen LogP contribution in [0.5, 0.6) is 5.75 Å². The van der Waals surface area contributed by atoms with Gasteiger partial charge in [0.15, 0.2) is 0 Å². The average Bonchev–Trinajstić information content (AvgIpc) is 2.50. The summed E-state index contributed by atoms with van der Waals surface area (Å²) in [5, 5.41) is 0. The van der Waals surface area contributed by atoms with Gasteiger partial charge in [0.1, 0.15) is 11.3 Å². The van der Waals surface area contributed by atoms with Crippen molar-refractivity contribution in [2.45, 2.75) is 6.92 Å². The second-order valence-corrected chi connectivity index (χ2v) is 2.91. The predicted octanol–water partition coefficient (Wildman–Crippen LogP) is 1.97. The number of aromatic nitrogens is 2. The molecule has 0 saturated carbocycles. The van der Waals surface area contributed by atoms with E-state index in [1.54, 1.807) is 6.33 Å². The zero-order chi connectivity index (χ0) is 9.26. The number of para-hydroxylation sites is 1. The van der Waals surface area contributed by atoms with Crippen molar-refractivity contribution >= 4 is 11.0 Å². The second-order valence-electron chi connectivity index (χ2n) is 2.91. The first-order chi connectivity index (χ1) is 6.33.